The number of hydrogen-bond acceptors (Lipinski definition) is 3. The Kier molecular flexibility index (Phi) is 7.19. The van der Waals surface area contributed by atoms with Gasteiger partial charge < -0.3 is 5.11 Å². The molecule has 0 aromatic carbocycles. The first kappa shape index (κ1) is 15.9. The number of aliphatic hydroxyl groups excluding tert-OH is 1. The molecule has 0 aromatic rings. The van der Waals surface area contributed by atoms with Gasteiger partial charge in [0.2, 0.25) is 10.0 Å². The van der Waals surface area contributed by atoms with Gasteiger partial charge in [-0.3, -0.25) is 0 Å². The van der Waals surface area contributed by atoms with Gasteiger partial charge in [0, 0.05) is 13.2 Å². The molecule has 1 rings (SSSR count). The third-order valence-electron chi connectivity index (χ3n) is 3.83. The van der Waals surface area contributed by atoms with Crippen LogP contribution in [0.2, 0.25) is 0 Å². The van der Waals surface area contributed by atoms with Crippen LogP contribution in [0.4, 0.5) is 0 Å². The summed E-state index contributed by atoms with van der Waals surface area (Å²) in [4.78, 5) is 0. The summed E-state index contributed by atoms with van der Waals surface area (Å²) in [6, 6.07) is 0. The Morgan fingerprint density at radius 2 is 1.83 bits per heavy atom. The average molecular weight is 277 g/mol. The van der Waals surface area contributed by atoms with Crippen LogP contribution in [0, 0.1) is 11.8 Å². The Morgan fingerprint density at radius 1 is 1.17 bits per heavy atom. The van der Waals surface area contributed by atoms with E-state index >= 15 is 0 Å². The summed E-state index contributed by atoms with van der Waals surface area (Å²) in [5.41, 5.74) is 0. The first-order valence-corrected chi connectivity index (χ1v) is 8.77. The van der Waals surface area contributed by atoms with Gasteiger partial charge in [-0.15, -0.1) is 0 Å². The van der Waals surface area contributed by atoms with Crippen molar-refractivity contribution in [2.75, 3.05) is 18.9 Å². The van der Waals surface area contributed by atoms with Crippen molar-refractivity contribution in [3.8, 4) is 0 Å². The number of unbranched alkanes of at least 4 members (excludes halogenated alkanes) is 1. The molecule has 0 spiro atoms. The maximum Gasteiger partial charge on any atom is 0.211 e. The predicted octanol–water partition coefficient (Wildman–Crippen LogP) is 1.89. The molecule has 1 saturated carbocycles. The van der Waals surface area contributed by atoms with E-state index in [0.717, 1.165) is 12.3 Å². The highest BCUT2D eigenvalue weighted by Gasteiger charge is 2.18. The first-order chi connectivity index (χ1) is 8.53. The summed E-state index contributed by atoms with van der Waals surface area (Å²) in [5.74, 6) is 1.67. The van der Waals surface area contributed by atoms with Crippen molar-refractivity contribution in [2.24, 2.45) is 11.8 Å². The molecule has 5 heteroatoms. The molecular formula is C13H27NO3S. The summed E-state index contributed by atoms with van der Waals surface area (Å²) in [6.45, 7) is 2.93. The minimum atomic E-state index is -3.13. The molecule has 1 fully saturated rings. The molecule has 1 aliphatic rings. The molecule has 0 saturated heterocycles. The molecule has 1 aliphatic carbocycles. The topological polar surface area (TPSA) is 66.4 Å². The van der Waals surface area contributed by atoms with Crippen molar-refractivity contribution >= 4 is 10.0 Å². The Balaban J connectivity index is 2.12. The number of sulfonamides is 1. The third kappa shape index (κ3) is 6.71. The summed E-state index contributed by atoms with van der Waals surface area (Å²) in [5, 5.41) is 8.62. The summed E-state index contributed by atoms with van der Waals surface area (Å²) in [6.07, 6.45) is 7.11. The minimum Gasteiger partial charge on any atom is -0.396 e. The second kappa shape index (κ2) is 8.12. The average Bonchev–Trinajstić information content (AvgIpc) is 2.32. The largest absolute Gasteiger partial charge is 0.396 e. The molecule has 18 heavy (non-hydrogen) atoms. The molecule has 0 atom stereocenters. The highest BCUT2D eigenvalue weighted by atomic mass is 32.2. The lowest BCUT2D eigenvalue weighted by Crippen LogP contribution is -2.29. The van der Waals surface area contributed by atoms with E-state index in [-0.39, 0.29) is 12.4 Å². The Bertz CT molecular complexity index is 308. The molecule has 0 radical (unpaired) electrons. The van der Waals surface area contributed by atoms with Crippen LogP contribution < -0.4 is 4.72 Å². The van der Waals surface area contributed by atoms with E-state index in [0.29, 0.717) is 25.3 Å². The van der Waals surface area contributed by atoms with Crippen LogP contribution in [-0.4, -0.2) is 32.4 Å². The van der Waals surface area contributed by atoms with Crippen molar-refractivity contribution < 1.29 is 13.5 Å². The second-order valence-electron chi connectivity index (χ2n) is 5.56. The maximum atomic E-state index is 11.6. The van der Waals surface area contributed by atoms with Gasteiger partial charge in [0.15, 0.2) is 0 Å². The van der Waals surface area contributed by atoms with Crippen LogP contribution >= 0.6 is 0 Å². The molecule has 2 N–H and O–H groups in total. The second-order valence-corrected chi connectivity index (χ2v) is 7.48. The molecule has 108 valence electrons. The van der Waals surface area contributed by atoms with Crippen molar-refractivity contribution in [1.82, 2.24) is 4.72 Å². The van der Waals surface area contributed by atoms with Gasteiger partial charge >= 0.3 is 0 Å². The fourth-order valence-electron chi connectivity index (χ4n) is 2.51. The fraction of sp³-hybridized carbons (Fsp3) is 1.00. The number of hydrogen-bond donors (Lipinski definition) is 2. The third-order valence-corrected chi connectivity index (χ3v) is 5.30. The predicted molar refractivity (Wildman–Crippen MR) is 73.8 cm³/mol. The van der Waals surface area contributed by atoms with Gasteiger partial charge in [-0.05, 0) is 31.1 Å². The van der Waals surface area contributed by atoms with Gasteiger partial charge in [0.25, 0.3) is 0 Å². The number of aliphatic hydroxyl groups is 1. The van der Waals surface area contributed by atoms with Crippen LogP contribution in [0.25, 0.3) is 0 Å². The molecular weight excluding hydrogens is 250 g/mol. The van der Waals surface area contributed by atoms with E-state index in [1.807, 2.05) is 0 Å². The van der Waals surface area contributed by atoms with Crippen molar-refractivity contribution in [3.05, 3.63) is 0 Å². The zero-order valence-electron chi connectivity index (χ0n) is 11.4. The van der Waals surface area contributed by atoms with Crippen LogP contribution in [0.15, 0.2) is 0 Å². The minimum absolute atomic E-state index is 0.0653. The first-order valence-electron chi connectivity index (χ1n) is 7.11. The smallest absolute Gasteiger partial charge is 0.211 e. The highest BCUT2D eigenvalue weighted by molar-refractivity contribution is 7.89. The molecule has 0 aromatic heterocycles. The SMILES string of the molecule is CC1CCC(CCNS(=O)(=O)CCCCO)CC1. The van der Waals surface area contributed by atoms with Crippen molar-refractivity contribution in [3.63, 3.8) is 0 Å². The lowest BCUT2D eigenvalue weighted by molar-refractivity contribution is 0.278. The highest BCUT2D eigenvalue weighted by Crippen LogP contribution is 2.29. The maximum absolute atomic E-state index is 11.6. The van der Waals surface area contributed by atoms with E-state index in [9.17, 15) is 8.42 Å². The molecule has 0 amide bonds. The fourth-order valence-corrected chi connectivity index (χ4v) is 3.67. The van der Waals surface area contributed by atoms with Gasteiger partial charge in [-0.2, -0.15) is 0 Å². The van der Waals surface area contributed by atoms with E-state index in [4.69, 9.17) is 5.11 Å². The Labute approximate surface area is 111 Å². The van der Waals surface area contributed by atoms with Gasteiger partial charge in [0.05, 0.1) is 5.75 Å². The van der Waals surface area contributed by atoms with Crippen LogP contribution in [0.3, 0.4) is 0 Å². The number of rotatable bonds is 8. The van der Waals surface area contributed by atoms with E-state index < -0.39 is 10.0 Å². The zero-order valence-corrected chi connectivity index (χ0v) is 12.2. The Hall–Kier alpha value is -0.130. The Morgan fingerprint density at radius 3 is 2.44 bits per heavy atom. The van der Waals surface area contributed by atoms with Crippen LogP contribution in [-0.2, 0) is 10.0 Å². The van der Waals surface area contributed by atoms with E-state index in [1.54, 1.807) is 0 Å². The van der Waals surface area contributed by atoms with Crippen molar-refractivity contribution in [1.29, 1.82) is 0 Å². The lowest BCUT2D eigenvalue weighted by atomic mass is 9.81. The zero-order chi connectivity index (χ0) is 13.4. The standard InChI is InChI=1S/C13H27NO3S/c1-12-4-6-13(7-5-12)8-9-14-18(16,17)11-3-2-10-15/h12-15H,2-11H2,1H3. The van der Waals surface area contributed by atoms with Gasteiger partial charge in [0.1, 0.15) is 0 Å². The summed E-state index contributed by atoms with van der Waals surface area (Å²) >= 11 is 0. The molecule has 4 nitrogen and oxygen atoms in total. The summed E-state index contributed by atoms with van der Waals surface area (Å²) < 4.78 is 25.9. The van der Waals surface area contributed by atoms with Gasteiger partial charge in [-0.25, -0.2) is 13.1 Å². The van der Waals surface area contributed by atoms with Crippen molar-refractivity contribution in [2.45, 2.75) is 51.9 Å². The summed E-state index contributed by atoms with van der Waals surface area (Å²) in [7, 11) is -3.13. The monoisotopic (exact) mass is 277 g/mol. The molecule has 0 bridgehead atoms. The molecule has 0 heterocycles. The van der Waals surface area contributed by atoms with E-state index in [2.05, 4.69) is 11.6 Å². The molecule has 0 aliphatic heterocycles. The van der Waals surface area contributed by atoms with Crippen LogP contribution in [0.5, 0.6) is 0 Å². The normalized spacial score (nSPS) is 25.2. The van der Waals surface area contributed by atoms with E-state index in [1.165, 1.54) is 25.7 Å². The number of nitrogens with one attached hydrogen (secondary N) is 1. The van der Waals surface area contributed by atoms with Gasteiger partial charge in [-0.1, -0.05) is 32.6 Å². The quantitative estimate of drug-likeness (QED) is 0.666. The van der Waals surface area contributed by atoms with Crippen LogP contribution in [0.1, 0.15) is 51.9 Å². The molecule has 0 unspecified atom stereocenters. The lowest BCUT2D eigenvalue weighted by Gasteiger charge is -2.26.